The summed E-state index contributed by atoms with van der Waals surface area (Å²) in [6, 6.07) is 6.09. The van der Waals surface area contributed by atoms with Crippen molar-refractivity contribution in [3.63, 3.8) is 0 Å². The predicted octanol–water partition coefficient (Wildman–Crippen LogP) is 5.48. The van der Waals surface area contributed by atoms with Crippen LogP contribution < -0.4 is 5.32 Å². The largest absolute Gasteiger partial charge is 0.462 e. The van der Waals surface area contributed by atoms with Gasteiger partial charge in [-0.25, -0.2) is 0 Å². The van der Waals surface area contributed by atoms with E-state index in [4.69, 9.17) is 16.0 Å². The van der Waals surface area contributed by atoms with Gasteiger partial charge in [-0.1, -0.05) is 19.9 Å². The molecule has 0 aromatic carbocycles. The molecule has 3 rings (SSSR count). The lowest BCUT2D eigenvalue weighted by Gasteiger charge is -2.29. The van der Waals surface area contributed by atoms with Crippen LogP contribution in [0.2, 0.25) is 0 Å². The number of anilines is 1. The Balaban J connectivity index is 2.01. The average molecular weight is 387 g/mol. The lowest BCUT2D eigenvalue weighted by Crippen LogP contribution is -2.20. The van der Waals surface area contributed by atoms with Crippen LogP contribution in [0.5, 0.6) is 0 Å². The molecule has 6 heteroatoms. The molecule has 0 spiro atoms. The number of fused-ring (bicyclic) bond motifs is 1. The minimum Gasteiger partial charge on any atom is -0.462 e. The van der Waals surface area contributed by atoms with Crippen LogP contribution in [0, 0.1) is 18.3 Å². The van der Waals surface area contributed by atoms with E-state index in [0.29, 0.717) is 10.6 Å². The molecule has 2 heterocycles. The molecule has 0 radical (unpaired) electrons. The zero-order valence-corrected chi connectivity index (χ0v) is 16.4. The van der Waals surface area contributed by atoms with Crippen molar-refractivity contribution < 1.29 is 9.21 Å². The van der Waals surface area contributed by atoms with Crippen LogP contribution >= 0.6 is 22.9 Å². The third-order valence-corrected chi connectivity index (χ3v) is 5.97. The second-order valence-electron chi connectivity index (χ2n) is 6.90. The summed E-state index contributed by atoms with van der Waals surface area (Å²) in [6.45, 7) is 6.21. The maximum absolute atomic E-state index is 11.7. The summed E-state index contributed by atoms with van der Waals surface area (Å²) in [4.78, 5) is 12.8. The number of nitriles is 1. The summed E-state index contributed by atoms with van der Waals surface area (Å²) in [7, 11) is 0. The summed E-state index contributed by atoms with van der Waals surface area (Å²) < 4.78 is 5.58. The zero-order valence-electron chi connectivity index (χ0n) is 14.9. The van der Waals surface area contributed by atoms with Crippen LogP contribution in [0.25, 0.3) is 12.2 Å². The van der Waals surface area contributed by atoms with Gasteiger partial charge >= 0.3 is 0 Å². The molecule has 0 aliphatic heterocycles. The van der Waals surface area contributed by atoms with Crippen LogP contribution in [0.15, 0.2) is 28.2 Å². The summed E-state index contributed by atoms with van der Waals surface area (Å²) in [6.07, 6.45) is 6.83. The summed E-state index contributed by atoms with van der Waals surface area (Å²) in [5, 5.41) is 12.9. The summed E-state index contributed by atoms with van der Waals surface area (Å²) in [5.41, 5.74) is 2.36. The SMILES string of the molecule is Cc1ccc(C=CC2=Cc3c(sc(NC(=O)CCl)c3C#N)C(C)(C)C2)o1. The standard InChI is InChI=1S/C20H19ClN2O2S/c1-12-4-6-14(25-12)7-5-13-8-15-16(11-22)19(23-17(24)10-21)26-18(15)20(2,3)9-13/h4-8H,9-10H2,1-3H3,(H,23,24). The smallest absolute Gasteiger partial charge is 0.239 e. The van der Waals surface area contributed by atoms with Crippen molar-refractivity contribution in [3.8, 4) is 6.07 Å². The highest BCUT2D eigenvalue weighted by Crippen LogP contribution is 2.47. The second-order valence-corrected chi connectivity index (χ2v) is 8.19. The molecule has 0 saturated carbocycles. The number of hydrogen-bond donors (Lipinski definition) is 1. The molecule has 1 amide bonds. The monoisotopic (exact) mass is 386 g/mol. The van der Waals surface area contributed by atoms with Crippen LogP contribution in [0.4, 0.5) is 5.00 Å². The molecule has 0 unspecified atom stereocenters. The Kier molecular flexibility index (Phi) is 5.08. The average Bonchev–Trinajstić information content (AvgIpc) is 3.16. The Morgan fingerprint density at radius 2 is 2.23 bits per heavy atom. The molecule has 0 fully saturated rings. The van der Waals surface area contributed by atoms with Gasteiger partial charge in [-0.15, -0.1) is 22.9 Å². The van der Waals surface area contributed by atoms with Gasteiger partial charge in [-0.2, -0.15) is 5.26 Å². The first kappa shape index (κ1) is 18.5. The molecule has 134 valence electrons. The molecule has 0 atom stereocenters. The van der Waals surface area contributed by atoms with E-state index >= 15 is 0 Å². The number of amides is 1. The number of halogens is 1. The molecule has 0 bridgehead atoms. The first-order valence-corrected chi connectivity index (χ1v) is 9.57. The van der Waals surface area contributed by atoms with Gasteiger partial charge in [-0.3, -0.25) is 4.79 Å². The number of hydrogen-bond acceptors (Lipinski definition) is 4. The third-order valence-electron chi connectivity index (χ3n) is 4.24. The fourth-order valence-corrected chi connectivity index (χ4v) is 4.42. The van der Waals surface area contributed by atoms with Crippen molar-refractivity contribution in [1.29, 1.82) is 5.26 Å². The molecule has 2 aromatic heterocycles. The van der Waals surface area contributed by atoms with Crippen LogP contribution in [0.3, 0.4) is 0 Å². The third kappa shape index (κ3) is 3.62. The highest BCUT2D eigenvalue weighted by molar-refractivity contribution is 7.17. The number of nitrogens with one attached hydrogen (secondary N) is 1. The van der Waals surface area contributed by atoms with Gasteiger partial charge < -0.3 is 9.73 Å². The lowest BCUT2D eigenvalue weighted by atomic mass is 9.77. The lowest BCUT2D eigenvalue weighted by molar-refractivity contribution is -0.113. The number of carbonyl (C=O) groups is 1. The van der Waals surface area contributed by atoms with Crippen molar-refractivity contribution in [1.82, 2.24) is 0 Å². The molecular weight excluding hydrogens is 368 g/mol. The number of rotatable bonds is 4. The van der Waals surface area contributed by atoms with Gasteiger partial charge in [0.05, 0.1) is 5.56 Å². The number of furan rings is 1. The Bertz CT molecular complexity index is 957. The van der Waals surface area contributed by atoms with E-state index in [1.54, 1.807) is 0 Å². The molecule has 2 aromatic rings. The van der Waals surface area contributed by atoms with Gasteiger partial charge in [0.1, 0.15) is 28.5 Å². The van der Waals surface area contributed by atoms with Crippen molar-refractivity contribution in [2.45, 2.75) is 32.6 Å². The molecule has 1 aliphatic carbocycles. The number of nitrogens with zero attached hydrogens (tertiary/aromatic N) is 1. The highest BCUT2D eigenvalue weighted by atomic mass is 35.5. The van der Waals surface area contributed by atoms with Gasteiger partial charge in [-0.05, 0) is 43.2 Å². The Hall–Kier alpha value is -2.29. The number of carbonyl (C=O) groups excluding carboxylic acids is 1. The first-order chi connectivity index (χ1) is 12.3. The second kappa shape index (κ2) is 7.14. The Morgan fingerprint density at radius 1 is 1.46 bits per heavy atom. The first-order valence-electron chi connectivity index (χ1n) is 8.22. The van der Waals surface area contributed by atoms with E-state index in [1.807, 2.05) is 37.3 Å². The van der Waals surface area contributed by atoms with E-state index in [2.05, 4.69) is 25.2 Å². The minimum absolute atomic E-state index is 0.136. The van der Waals surface area contributed by atoms with Crippen molar-refractivity contribution in [2.75, 3.05) is 11.2 Å². The van der Waals surface area contributed by atoms with Crippen LogP contribution in [0.1, 0.15) is 47.8 Å². The maximum atomic E-state index is 11.7. The molecule has 1 aliphatic rings. The number of allylic oxidation sites excluding steroid dienone is 2. The van der Waals surface area contributed by atoms with Crippen molar-refractivity contribution >= 4 is 46.0 Å². The molecule has 4 nitrogen and oxygen atoms in total. The summed E-state index contributed by atoms with van der Waals surface area (Å²) in [5.74, 6) is 1.22. The van der Waals surface area contributed by atoms with E-state index in [-0.39, 0.29) is 17.2 Å². The Labute approximate surface area is 161 Å². The zero-order chi connectivity index (χ0) is 18.9. The minimum atomic E-state index is -0.308. The van der Waals surface area contributed by atoms with E-state index in [9.17, 15) is 10.1 Å². The highest BCUT2D eigenvalue weighted by Gasteiger charge is 2.33. The Morgan fingerprint density at radius 3 is 2.85 bits per heavy atom. The van der Waals surface area contributed by atoms with Gasteiger partial charge in [0.15, 0.2) is 0 Å². The molecule has 0 saturated heterocycles. The molecule has 26 heavy (non-hydrogen) atoms. The van der Waals surface area contributed by atoms with Gasteiger partial charge in [0.2, 0.25) is 5.91 Å². The van der Waals surface area contributed by atoms with Crippen LogP contribution in [-0.4, -0.2) is 11.8 Å². The van der Waals surface area contributed by atoms with Crippen molar-refractivity contribution in [3.05, 3.63) is 51.3 Å². The topological polar surface area (TPSA) is 66.0 Å². The number of thiophene rings is 1. The van der Waals surface area contributed by atoms with Crippen LogP contribution in [-0.2, 0) is 10.2 Å². The van der Waals surface area contributed by atoms with E-state index < -0.39 is 0 Å². The van der Waals surface area contributed by atoms with Gasteiger partial charge in [0, 0.05) is 15.9 Å². The molecular formula is C20H19ClN2O2S. The fourth-order valence-electron chi connectivity index (χ4n) is 3.11. The predicted molar refractivity (Wildman–Crippen MR) is 106 cm³/mol. The quantitative estimate of drug-likeness (QED) is 0.708. The number of aryl methyl sites for hydroxylation is 1. The summed E-state index contributed by atoms with van der Waals surface area (Å²) >= 11 is 7.04. The van der Waals surface area contributed by atoms with E-state index in [1.165, 1.54) is 11.3 Å². The maximum Gasteiger partial charge on any atom is 0.239 e. The number of alkyl halides is 1. The fraction of sp³-hybridized carbons (Fsp3) is 0.300. The van der Waals surface area contributed by atoms with Crippen molar-refractivity contribution in [2.24, 2.45) is 0 Å². The molecule has 1 N–H and O–H groups in total. The normalized spacial score (nSPS) is 15.4. The van der Waals surface area contributed by atoms with E-state index in [0.717, 1.165) is 34.0 Å². The van der Waals surface area contributed by atoms with Gasteiger partial charge in [0.25, 0.3) is 0 Å².